The first-order chi connectivity index (χ1) is 8.81. The maximum Gasteiger partial charge on any atom is 0.138 e. The molecule has 5 heteroatoms. The summed E-state index contributed by atoms with van der Waals surface area (Å²) < 4.78 is 7.51. The van der Waals surface area contributed by atoms with E-state index < -0.39 is 0 Å². The Bertz CT molecular complexity index is 478. The molecule has 96 valence electrons. The van der Waals surface area contributed by atoms with Crippen LogP contribution in [0.5, 0.6) is 5.75 Å². The van der Waals surface area contributed by atoms with Gasteiger partial charge in [-0.3, -0.25) is 9.67 Å². The summed E-state index contributed by atoms with van der Waals surface area (Å²) in [5, 5.41) is 4.19. The molecule has 0 spiro atoms. The molecule has 2 heterocycles. The predicted octanol–water partition coefficient (Wildman–Crippen LogP) is 1.38. The van der Waals surface area contributed by atoms with E-state index in [1.54, 1.807) is 6.20 Å². The Balaban J connectivity index is 1.89. The average Bonchev–Trinajstić information content (AvgIpc) is 2.86. The van der Waals surface area contributed by atoms with Crippen molar-refractivity contribution >= 4 is 0 Å². The number of nitrogens with zero attached hydrogens (tertiary/aromatic N) is 3. The van der Waals surface area contributed by atoms with Gasteiger partial charge >= 0.3 is 0 Å². The molecule has 2 rings (SSSR count). The smallest absolute Gasteiger partial charge is 0.138 e. The van der Waals surface area contributed by atoms with Gasteiger partial charge in [0.15, 0.2) is 0 Å². The normalized spacial score (nSPS) is 10.6. The predicted molar refractivity (Wildman–Crippen MR) is 69.2 cm³/mol. The van der Waals surface area contributed by atoms with E-state index in [2.05, 4.69) is 17.0 Å². The van der Waals surface area contributed by atoms with Crippen molar-refractivity contribution in [3.05, 3.63) is 42.0 Å². The van der Waals surface area contributed by atoms with Gasteiger partial charge in [0, 0.05) is 30.4 Å². The lowest BCUT2D eigenvalue weighted by atomic mass is 10.3. The highest BCUT2D eigenvalue weighted by atomic mass is 16.5. The fraction of sp³-hybridized carbons (Fsp3) is 0.385. The van der Waals surface area contributed by atoms with Crippen molar-refractivity contribution in [3.8, 4) is 5.75 Å². The summed E-state index contributed by atoms with van der Waals surface area (Å²) in [4.78, 5) is 4.28. The molecule has 0 bridgehead atoms. The van der Waals surface area contributed by atoms with E-state index in [0.717, 1.165) is 30.0 Å². The van der Waals surface area contributed by atoms with E-state index in [1.807, 2.05) is 29.2 Å². The monoisotopic (exact) mass is 246 g/mol. The van der Waals surface area contributed by atoms with Gasteiger partial charge in [-0.25, -0.2) is 0 Å². The maximum absolute atomic E-state index is 5.64. The summed E-state index contributed by atoms with van der Waals surface area (Å²) in [6.45, 7) is 4.05. The Morgan fingerprint density at radius 1 is 1.33 bits per heavy atom. The van der Waals surface area contributed by atoms with Crippen molar-refractivity contribution in [1.29, 1.82) is 0 Å². The number of rotatable bonds is 6. The highest BCUT2D eigenvalue weighted by molar-refractivity contribution is 5.20. The number of aryl methyl sites for hydroxylation is 1. The Hall–Kier alpha value is -1.88. The van der Waals surface area contributed by atoms with Crippen molar-refractivity contribution in [2.24, 2.45) is 5.73 Å². The molecule has 2 aromatic heterocycles. The molecule has 0 saturated carbocycles. The van der Waals surface area contributed by atoms with Gasteiger partial charge in [0.05, 0.1) is 12.4 Å². The summed E-state index contributed by atoms with van der Waals surface area (Å²) in [5.41, 5.74) is 7.52. The number of hydrogen-bond donors (Lipinski definition) is 1. The van der Waals surface area contributed by atoms with Gasteiger partial charge in [0.2, 0.25) is 0 Å². The van der Waals surface area contributed by atoms with Gasteiger partial charge in [0.1, 0.15) is 12.4 Å². The van der Waals surface area contributed by atoms with E-state index in [4.69, 9.17) is 10.5 Å². The van der Waals surface area contributed by atoms with Gasteiger partial charge in [0.25, 0.3) is 0 Å². The molecule has 18 heavy (non-hydrogen) atoms. The van der Waals surface area contributed by atoms with E-state index in [1.165, 1.54) is 0 Å². The van der Waals surface area contributed by atoms with Gasteiger partial charge in [-0.05, 0) is 25.6 Å². The zero-order valence-corrected chi connectivity index (χ0v) is 10.5. The molecule has 0 saturated heterocycles. The van der Waals surface area contributed by atoms with Crippen LogP contribution in [-0.2, 0) is 19.6 Å². The third-order valence-corrected chi connectivity index (χ3v) is 2.61. The van der Waals surface area contributed by atoms with Crippen molar-refractivity contribution in [3.63, 3.8) is 0 Å². The third kappa shape index (κ3) is 3.30. The average molecular weight is 246 g/mol. The lowest BCUT2D eigenvalue weighted by Crippen LogP contribution is -2.04. The second-order valence-corrected chi connectivity index (χ2v) is 4.02. The minimum absolute atomic E-state index is 0.512. The molecule has 0 amide bonds. The standard InChI is InChI=1S/C13H18N4O/c1-2-17-9-11(7-16-17)10-18-13-4-3-12(5-6-14)15-8-13/h3-4,7-9H,2,5-6,10,14H2,1H3. The third-order valence-electron chi connectivity index (χ3n) is 2.61. The van der Waals surface area contributed by atoms with E-state index >= 15 is 0 Å². The summed E-state index contributed by atoms with van der Waals surface area (Å²) >= 11 is 0. The minimum atomic E-state index is 0.512. The van der Waals surface area contributed by atoms with Crippen molar-refractivity contribution in [2.45, 2.75) is 26.5 Å². The molecule has 0 aromatic carbocycles. The van der Waals surface area contributed by atoms with Crippen LogP contribution in [0.2, 0.25) is 0 Å². The lowest BCUT2D eigenvalue weighted by molar-refractivity contribution is 0.304. The van der Waals surface area contributed by atoms with Crippen LogP contribution in [0.3, 0.4) is 0 Å². The molecule has 5 nitrogen and oxygen atoms in total. The van der Waals surface area contributed by atoms with Crippen LogP contribution in [0.1, 0.15) is 18.2 Å². The molecular formula is C13H18N4O. The Morgan fingerprint density at radius 2 is 2.22 bits per heavy atom. The molecule has 2 aromatic rings. The van der Waals surface area contributed by atoms with Gasteiger partial charge in [-0.2, -0.15) is 5.10 Å². The Morgan fingerprint density at radius 3 is 2.83 bits per heavy atom. The summed E-state index contributed by atoms with van der Waals surface area (Å²) in [5.74, 6) is 0.764. The van der Waals surface area contributed by atoms with E-state index in [9.17, 15) is 0 Å². The van der Waals surface area contributed by atoms with Gasteiger partial charge < -0.3 is 10.5 Å². The van der Waals surface area contributed by atoms with Crippen LogP contribution in [0.25, 0.3) is 0 Å². The van der Waals surface area contributed by atoms with Gasteiger partial charge in [-0.1, -0.05) is 0 Å². The summed E-state index contributed by atoms with van der Waals surface area (Å²) in [6, 6.07) is 3.86. The summed E-state index contributed by atoms with van der Waals surface area (Å²) in [7, 11) is 0. The molecule has 2 N–H and O–H groups in total. The number of aromatic nitrogens is 3. The molecule has 0 aliphatic rings. The fourth-order valence-electron chi connectivity index (χ4n) is 1.61. The second kappa shape index (κ2) is 6.16. The van der Waals surface area contributed by atoms with Crippen LogP contribution >= 0.6 is 0 Å². The molecule has 0 fully saturated rings. The highest BCUT2D eigenvalue weighted by Crippen LogP contribution is 2.11. The van der Waals surface area contributed by atoms with Crippen LogP contribution in [0.15, 0.2) is 30.7 Å². The van der Waals surface area contributed by atoms with Crippen molar-refractivity contribution < 1.29 is 4.74 Å². The molecular weight excluding hydrogens is 228 g/mol. The van der Waals surface area contributed by atoms with E-state index in [0.29, 0.717) is 13.2 Å². The topological polar surface area (TPSA) is 66.0 Å². The first-order valence-corrected chi connectivity index (χ1v) is 6.11. The molecule has 0 aliphatic carbocycles. The van der Waals surface area contributed by atoms with Crippen LogP contribution in [-0.4, -0.2) is 21.3 Å². The molecule has 0 atom stereocenters. The molecule has 0 aliphatic heterocycles. The van der Waals surface area contributed by atoms with Crippen LogP contribution < -0.4 is 10.5 Å². The maximum atomic E-state index is 5.64. The number of hydrogen-bond acceptors (Lipinski definition) is 4. The Labute approximate surface area is 107 Å². The minimum Gasteiger partial charge on any atom is -0.487 e. The second-order valence-electron chi connectivity index (χ2n) is 4.02. The largest absolute Gasteiger partial charge is 0.487 e. The summed E-state index contributed by atoms with van der Waals surface area (Å²) in [6.07, 6.45) is 6.33. The van der Waals surface area contributed by atoms with Crippen molar-refractivity contribution in [2.75, 3.05) is 6.54 Å². The van der Waals surface area contributed by atoms with Gasteiger partial charge in [-0.15, -0.1) is 0 Å². The number of ether oxygens (including phenoxy) is 1. The van der Waals surface area contributed by atoms with Crippen molar-refractivity contribution in [1.82, 2.24) is 14.8 Å². The van der Waals surface area contributed by atoms with Crippen LogP contribution in [0.4, 0.5) is 0 Å². The van der Waals surface area contributed by atoms with Crippen LogP contribution in [0, 0.1) is 0 Å². The molecule has 0 unspecified atom stereocenters. The molecule has 0 radical (unpaired) electrons. The SMILES string of the molecule is CCn1cc(COc2ccc(CCN)nc2)cn1. The fourth-order valence-corrected chi connectivity index (χ4v) is 1.61. The zero-order valence-electron chi connectivity index (χ0n) is 10.5. The number of pyridine rings is 1. The lowest BCUT2D eigenvalue weighted by Gasteiger charge is -2.04. The quantitative estimate of drug-likeness (QED) is 0.836. The zero-order chi connectivity index (χ0) is 12.8. The first kappa shape index (κ1) is 12.6. The first-order valence-electron chi connectivity index (χ1n) is 6.11. The number of nitrogens with two attached hydrogens (primary N) is 1. The van der Waals surface area contributed by atoms with E-state index in [-0.39, 0.29) is 0 Å². The Kier molecular flexibility index (Phi) is 4.30. The highest BCUT2D eigenvalue weighted by Gasteiger charge is 2.00.